The van der Waals surface area contributed by atoms with Crippen LogP contribution in [0.3, 0.4) is 0 Å². The molecule has 0 bridgehead atoms. The Hall–Kier alpha value is -2.53. The van der Waals surface area contributed by atoms with Gasteiger partial charge in [-0.3, -0.25) is 4.99 Å². The van der Waals surface area contributed by atoms with Crippen molar-refractivity contribution in [2.45, 2.75) is 6.92 Å². The minimum atomic E-state index is -0.253. The lowest BCUT2D eigenvalue weighted by Crippen LogP contribution is -2.12. The number of rotatable bonds is 4. The van der Waals surface area contributed by atoms with Gasteiger partial charge in [0.1, 0.15) is 5.82 Å². The number of hydrogen-bond donors (Lipinski definition) is 0. The average Bonchev–Trinajstić information content (AvgIpc) is 2.98. The molecule has 23 heavy (non-hydrogen) atoms. The molecule has 3 nitrogen and oxygen atoms in total. The highest BCUT2D eigenvalue weighted by atomic mass is 32.1. The molecule has 2 aromatic carbocycles. The van der Waals surface area contributed by atoms with E-state index in [0.29, 0.717) is 6.54 Å². The van der Waals surface area contributed by atoms with E-state index in [9.17, 15) is 4.39 Å². The molecule has 0 aliphatic rings. The molecule has 5 heteroatoms. The first-order chi connectivity index (χ1) is 11.3. The van der Waals surface area contributed by atoms with E-state index in [1.165, 1.54) is 12.1 Å². The zero-order valence-corrected chi connectivity index (χ0v) is 13.5. The van der Waals surface area contributed by atoms with Gasteiger partial charge in [-0.25, -0.2) is 9.07 Å². The van der Waals surface area contributed by atoms with Gasteiger partial charge in [0.2, 0.25) is 4.80 Å². The van der Waals surface area contributed by atoms with Crippen molar-refractivity contribution in [3.8, 4) is 11.3 Å². The Kier molecular flexibility index (Phi) is 4.78. The maximum absolute atomic E-state index is 13.0. The third-order valence-corrected chi connectivity index (χ3v) is 4.09. The van der Waals surface area contributed by atoms with E-state index in [2.05, 4.69) is 10.1 Å². The van der Waals surface area contributed by atoms with Gasteiger partial charge in [-0.1, -0.05) is 42.5 Å². The molecule has 0 aliphatic heterocycles. The van der Waals surface area contributed by atoms with Gasteiger partial charge in [-0.15, -0.1) is 11.3 Å². The fourth-order valence-electron chi connectivity index (χ4n) is 2.13. The Balaban J connectivity index is 2.04. The van der Waals surface area contributed by atoms with Crippen LogP contribution in [0.25, 0.3) is 11.3 Å². The first-order valence-corrected chi connectivity index (χ1v) is 8.22. The minimum Gasteiger partial charge on any atom is -0.258 e. The first-order valence-electron chi connectivity index (χ1n) is 7.34. The van der Waals surface area contributed by atoms with Gasteiger partial charge in [0.05, 0.1) is 11.9 Å². The number of aromatic nitrogens is 1. The molecule has 0 atom stereocenters. The SMILES string of the molecule is CCN=c1scc(-c2ccccc2)n1/N=C\c1ccc(F)cc1. The maximum atomic E-state index is 13.0. The van der Waals surface area contributed by atoms with Crippen LogP contribution < -0.4 is 4.80 Å². The van der Waals surface area contributed by atoms with Crippen molar-refractivity contribution < 1.29 is 4.39 Å². The summed E-state index contributed by atoms with van der Waals surface area (Å²) in [6, 6.07) is 16.3. The summed E-state index contributed by atoms with van der Waals surface area (Å²) in [5.74, 6) is -0.253. The lowest BCUT2D eigenvalue weighted by Gasteiger charge is -2.03. The zero-order valence-electron chi connectivity index (χ0n) is 12.7. The predicted molar refractivity (Wildman–Crippen MR) is 93.2 cm³/mol. The normalized spacial score (nSPS) is 12.2. The van der Waals surface area contributed by atoms with Crippen LogP contribution in [-0.4, -0.2) is 17.4 Å². The van der Waals surface area contributed by atoms with Crippen molar-refractivity contribution in [2.75, 3.05) is 6.54 Å². The van der Waals surface area contributed by atoms with Crippen molar-refractivity contribution in [2.24, 2.45) is 10.1 Å². The Bertz CT molecular complexity index is 861. The summed E-state index contributed by atoms with van der Waals surface area (Å²) in [5.41, 5.74) is 2.91. The highest BCUT2D eigenvalue weighted by Gasteiger charge is 2.06. The predicted octanol–water partition coefficient (Wildman–Crippen LogP) is 4.16. The standard InChI is InChI=1S/C18H16FN3S/c1-2-20-18-22(21-12-14-8-10-16(19)11-9-14)17(13-23-18)15-6-4-3-5-7-15/h3-13H,2H2,1H3/b20-18?,21-12-. The molecule has 3 aromatic rings. The number of benzene rings is 2. The molecule has 0 spiro atoms. The van der Waals surface area contributed by atoms with Crippen LogP contribution in [0.15, 0.2) is 70.1 Å². The fraction of sp³-hybridized carbons (Fsp3) is 0.111. The highest BCUT2D eigenvalue weighted by Crippen LogP contribution is 2.19. The van der Waals surface area contributed by atoms with Gasteiger partial charge < -0.3 is 0 Å². The van der Waals surface area contributed by atoms with Crippen LogP contribution in [0.1, 0.15) is 12.5 Å². The molecule has 0 N–H and O–H groups in total. The Labute approximate surface area is 138 Å². The minimum absolute atomic E-state index is 0.253. The summed E-state index contributed by atoms with van der Waals surface area (Å²) in [5, 5.41) is 6.59. The maximum Gasteiger partial charge on any atom is 0.206 e. The number of nitrogens with zero attached hydrogens (tertiary/aromatic N) is 3. The summed E-state index contributed by atoms with van der Waals surface area (Å²) in [4.78, 5) is 5.32. The fourth-order valence-corrected chi connectivity index (χ4v) is 3.04. The molecule has 1 aromatic heterocycles. The second kappa shape index (κ2) is 7.15. The summed E-state index contributed by atoms with van der Waals surface area (Å²) in [6.07, 6.45) is 1.72. The van der Waals surface area contributed by atoms with Gasteiger partial charge in [0, 0.05) is 17.5 Å². The smallest absolute Gasteiger partial charge is 0.206 e. The summed E-state index contributed by atoms with van der Waals surface area (Å²) in [7, 11) is 0. The molecule has 3 rings (SSSR count). The second-order valence-electron chi connectivity index (χ2n) is 4.85. The van der Waals surface area contributed by atoms with Crippen LogP contribution in [0.2, 0.25) is 0 Å². The molecule has 0 saturated carbocycles. The molecule has 0 radical (unpaired) electrons. The van der Waals surface area contributed by atoms with Crippen molar-refractivity contribution in [1.29, 1.82) is 0 Å². The molecule has 0 fully saturated rings. The van der Waals surface area contributed by atoms with Crippen LogP contribution in [0.5, 0.6) is 0 Å². The lowest BCUT2D eigenvalue weighted by atomic mass is 10.2. The van der Waals surface area contributed by atoms with Gasteiger partial charge in [-0.2, -0.15) is 5.10 Å². The van der Waals surface area contributed by atoms with Crippen molar-refractivity contribution in [3.63, 3.8) is 0 Å². The van der Waals surface area contributed by atoms with E-state index in [1.54, 1.807) is 29.7 Å². The van der Waals surface area contributed by atoms with Gasteiger partial charge in [0.15, 0.2) is 0 Å². The molecule has 0 amide bonds. The van der Waals surface area contributed by atoms with E-state index in [1.807, 2.05) is 47.3 Å². The van der Waals surface area contributed by atoms with Gasteiger partial charge in [-0.05, 0) is 24.6 Å². The van der Waals surface area contributed by atoms with Crippen LogP contribution >= 0.6 is 11.3 Å². The summed E-state index contributed by atoms with van der Waals surface area (Å²) in [6.45, 7) is 2.69. The molecule has 0 unspecified atom stereocenters. The third-order valence-electron chi connectivity index (χ3n) is 3.24. The second-order valence-corrected chi connectivity index (χ2v) is 5.69. The number of thiazole rings is 1. The molecule has 0 aliphatic carbocycles. The average molecular weight is 325 g/mol. The van der Waals surface area contributed by atoms with Crippen molar-refractivity contribution >= 4 is 17.6 Å². The van der Waals surface area contributed by atoms with Crippen LogP contribution in [-0.2, 0) is 0 Å². The zero-order chi connectivity index (χ0) is 16.1. The monoisotopic (exact) mass is 325 g/mol. The quantitative estimate of drug-likeness (QED) is 0.645. The first kappa shape index (κ1) is 15.4. The lowest BCUT2D eigenvalue weighted by molar-refractivity contribution is 0.628. The van der Waals surface area contributed by atoms with Crippen molar-refractivity contribution in [1.82, 2.24) is 4.68 Å². The molecule has 116 valence electrons. The third kappa shape index (κ3) is 3.63. The van der Waals surface area contributed by atoms with Gasteiger partial charge >= 0.3 is 0 Å². The van der Waals surface area contributed by atoms with Crippen molar-refractivity contribution in [3.05, 3.63) is 76.2 Å². The summed E-state index contributed by atoms with van der Waals surface area (Å²) < 4.78 is 14.8. The van der Waals surface area contributed by atoms with E-state index < -0.39 is 0 Å². The topological polar surface area (TPSA) is 29.6 Å². The van der Waals surface area contributed by atoms with Crippen LogP contribution in [0.4, 0.5) is 4.39 Å². The molecular weight excluding hydrogens is 309 g/mol. The van der Waals surface area contributed by atoms with Crippen LogP contribution in [0, 0.1) is 5.82 Å². The number of halogens is 1. The Morgan fingerprint density at radius 3 is 2.52 bits per heavy atom. The van der Waals surface area contributed by atoms with E-state index in [-0.39, 0.29) is 5.82 Å². The van der Waals surface area contributed by atoms with E-state index in [0.717, 1.165) is 21.6 Å². The molecule has 0 saturated heterocycles. The largest absolute Gasteiger partial charge is 0.258 e. The Morgan fingerprint density at radius 1 is 1.09 bits per heavy atom. The molecular formula is C18H16FN3S. The summed E-state index contributed by atoms with van der Waals surface area (Å²) >= 11 is 1.56. The Morgan fingerprint density at radius 2 is 1.83 bits per heavy atom. The number of hydrogen-bond acceptors (Lipinski definition) is 3. The van der Waals surface area contributed by atoms with Gasteiger partial charge in [0.25, 0.3) is 0 Å². The molecule has 1 heterocycles. The van der Waals surface area contributed by atoms with E-state index in [4.69, 9.17) is 0 Å². The highest BCUT2D eigenvalue weighted by molar-refractivity contribution is 7.07. The van der Waals surface area contributed by atoms with E-state index >= 15 is 0 Å².